The van der Waals surface area contributed by atoms with E-state index in [-0.39, 0.29) is 18.4 Å². The van der Waals surface area contributed by atoms with Gasteiger partial charge in [-0.1, -0.05) is 6.07 Å². The zero-order valence-corrected chi connectivity index (χ0v) is 11.4. The van der Waals surface area contributed by atoms with Crippen molar-refractivity contribution in [3.8, 4) is 5.75 Å². The van der Waals surface area contributed by atoms with E-state index in [4.69, 9.17) is 15.6 Å². The average molecular weight is 288 g/mol. The Bertz CT molecular complexity index is 720. The van der Waals surface area contributed by atoms with Crippen molar-refractivity contribution in [3.05, 3.63) is 29.5 Å². The second-order valence-corrected chi connectivity index (χ2v) is 5.28. The van der Waals surface area contributed by atoms with E-state index in [0.29, 0.717) is 12.2 Å². The van der Waals surface area contributed by atoms with Crippen molar-refractivity contribution in [3.63, 3.8) is 0 Å². The van der Waals surface area contributed by atoms with Gasteiger partial charge in [-0.3, -0.25) is 4.79 Å². The van der Waals surface area contributed by atoms with E-state index in [1.165, 1.54) is 0 Å². The predicted molar refractivity (Wildman–Crippen MR) is 76.3 cm³/mol. The van der Waals surface area contributed by atoms with Crippen LogP contribution in [-0.2, 0) is 16.0 Å². The molecule has 0 radical (unpaired) electrons. The summed E-state index contributed by atoms with van der Waals surface area (Å²) in [5.74, 6) is -0.747. The number of nitrogens with one attached hydrogen (secondary N) is 1. The highest BCUT2D eigenvalue weighted by atomic mass is 16.5. The smallest absolute Gasteiger partial charge is 0.341 e. The van der Waals surface area contributed by atoms with Crippen molar-refractivity contribution in [1.29, 1.82) is 0 Å². The summed E-state index contributed by atoms with van der Waals surface area (Å²) >= 11 is 0. The normalized spacial score (nSPS) is 16.9. The minimum atomic E-state index is -1.02. The number of aromatic amines is 1. The first-order valence-corrected chi connectivity index (χ1v) is 6.82. The largest absolute Gasteiger partial charge is 0.481 e. The number of carbonyl (C=O) groups is 2. The number of ether oxygens (including phenoxy) is 1. The Morgan fingerprint density at radius 1 is 1.43 bits per heavy atom. The highest BCUT2D eigenvalue weighted by Crippen LogP contribution is 2.43. The number of primary amides is 1. The Labute approximate surface area is 120 Å². The number of aromatic nitrogens is 1. The van der Waals surface area contributed by atoms with Gasteiger partial charge in [0.25, 0.3) is 0 Å². The topological polar surface area (TPSA) is 105 Å². The molecule has 4 N–H and O–H groups in total. The Balaban J connectivity index is 2.05. The molecule has 6 heteroatoms. The monoisotopic (exact) mass is 288 g/mol. The number of rotatable bonds is 5. The van der Waals surface area contributed by atoms with Crippen LogP contribution in [0.25, 0.3) is 10.9 Å². The number of carboxylic acid groups (broad SMARTS) is 1. The molecular weight excluding hydrogens is 272 g/mol. The zero-order valence-electron chi connectivity index (χ0n) is 11.4. The summed E-state index contributed by atoms with van der Waals surface area (Å²) in [6.45, 7) is -0.389. The average Bonchev–Trinajstić information content (AvgIpc) is 2.95. The van der Waals surface area contributed by atoms with Crippen LogP contribution in [0.2, 0.25) is 0 Å². The molecule has 1 heterocycles. The number of hydrogen-bond acceptors (Lipinski definition) is 3. The number of carbonyl (C=O) groups excluding carboxylic acids is 1. The third-order valence-electron chi connectivity index (χ3n) is 3.86. The first kappa shape index (κ1) is 13.5. The fourth-order valence-corrected chi connectivity index (χ4v) is 3.11. The number of H-pyrrole nitrogens is 1. The Kier molecular flexibility index (Phi) is 3.29. The summed E-state index contributed by atoms with van der Waals surface area (Å²) in [5.41, 5.74) is 8.35. The molecule has 3 rings (SSSR count). The number of carboxylic acids is 1. The van der Waals surface area contributed by atoms with Crippen LogP contribution in [0.15, 0.2) is 18.2 Å². The van der Waals surface area contributed by atoms with Crippen LogP contribution in [0.1, 0.15) is 30.0 Å². The number of nitrogens with two attached hydrogens (primary N) is 1. The molecular formula is C15H16N2O4. The van der Waals surface area contributed by atoms with Crippen LogP contribution in [0, 0.1) is 0 Å². The highest BCUT2D eigenvalue weighted by Gasteiger charge is 2.29. The number of aliphatic carboxylic acids is 1. The summed E-state index contributed by atoms with van der Waals surface area (Å²) in [7, 11) is 0. The van der Waals surface area contributed by atoms with Gasteiger partial charge in [0.1, 0.15) is 5.75 Å². The summed E-state index contributed by atoms with van der Waals surface area (Å²) in [4.78, 5) is 25.3. The molecule has 1 unspecified atom stereocenters. The number of aryl methyl sites for hydroxylation is 1. The van der Waals surface area contributed by atoms with Gasteiger partial charge in [0, 0.05) is 23.0 Å². The van der Waals surface area contributed by atoms with Crippen molar-refractivity contribution in [1.82, 2.24) is 4.98 Å². The zero-order chi connectivity index (χ0) is 15.0. The Morgan fingerprint density at radius 2 is 2.24 bits per heavy atom. The molecule has 0 spiro atoms. The van der Waals surface area contributed by atoms with Crippen LogP contribution in [0.5, 0.6) is 5.75 Å². The maximum Gasteiger partial charge on any atom is 0.341 e. The van der Waals surface area contributed by atoms with Gasteiger partial charge in [0.15, 0.2) is 6.61 Å². The van der Waals surface area contributed by atoms with E-state index < -0.39 is 5.97 Å². The van der Waals surface area contributed by atoms with Crippen molar-refractivity contribution in [2.45, 2.75) is 25.2 Å². The molecule has 1 aliphatic rings. The van der Waals surface area contributed by atoms with E-state index in [1.54, 1.807) is 6.07 Å². The number of amides is 1. The lowest BCUT2D eigenvalue weighted by Crippen LogP contribution is -2.14. The van der Waals surface area contributed by atoms with E-state index >= 15 is 0 Å². The van der Waals surface area contributed by atoms with Crippen LogP contribution < -0.4 is 10.5 Å². The van der Waals surface area contributed by atoms with E-state index in [1.807, 2.05) is 12.1 Å². The fourth-order valence-electron chi connectivity index (χ4n) is 3.11. The van der Waals surface area contributed by atoms with Gasteiger partial charge in [0.2, 0.25) is 5.91 Å². The molecule has 0 bridgehead atoms. The Morgan fingerprint density at radius 3 is 2.95 bits per heavy atom. The summed E-state index contributed by atoms with van der Waals surface area (Å²) in [6.07, 6.45) is 2.03. The van der Waals surface area contributed by atoms with Gasteiger partial charge in [-0.25, -0.2) is 4.79 Å². The first-order valence-electron chi connectivity index (χ1n) is 6.82. The maximum atomic E-state index is 11.2. The Hall–Kier alpha value is -2.50. The molecule has 1 atom stereocenters. The molecule has 0 fully saturated rings. The lowest BCUT2D eigenvalue weighted by atomic mass is 9.96. The van der Waals surface area contributed by atoms with Crippen molar-refractivity contribution in [2.75, 3.05) is 6.61 Å². The van der Waals surface area contributed by atoms with Crippen molar-refractivity contribution >= 4 is 22.8 Å². The quantitative estimate of drug-likeness (QED) is 0.775. The summed E-state index contributed by atoms with van der Waals surface area (Å²) in [5, 5.41) is 9.64. The van der Waals surface area contributed by atoms with Crippen LogP contribution in [0.3, 0.4) is 0 Å². The fraction of sp³-hybridized carbons (Fsp3) is 0.333. The molecule has 1 aliphatic carbocycles. The molecule has 1 aromatic heterocycles. The third-order valence-corrected chi connectivity index (χ3v) is 3.86. The molecule has 2 aromatic rings. The number of hydrogen-bond donors (Lipinski definition) is 3. The summed E-state index contributed by atoms with van der Waals surface area (Å²) in [6, 6.07) is 5.48. The molecule has 0 aliphatic heterocycles. The SMILES string of the molecule is NC(=O)CC1CCc2[nH]c3cccc(OCC(=O)O)c3c21. The summed E-state index contributed by atoms with van der Waals surface area (Å²) < 4.78 is 5.38. The van der Waals surface area contributed by atoms with E-state index in [2.05, 4.69) is 4.98 Å². The van der Waals surface area contributed by atoms with Crippen LogP contribution >= 0.6 is 0 Å². The second-order valence-electron chi connectivity index (χ2n) is 5.28. The van der Waals surface area contributed by atoms with Crippen LogP contribution in [0.4, 0.5) is 0 Å². The number of fused-ring (bicyclic) bond motifs is 3. The highest BCUT2D eigenvalue weighted by molar-refractivity contribution is 5.92. The minimum absolute atomic E-state index is 0.0702. The molecule has 110 valence electrons. The second kappa shape index (κ2) is 5.12. The van der Waals surface area contributed by atoms with Crippen molar-refractivity contribution < 1.29 is 19.4 Å². The molecule has 21 heavy (non-hydrogen) atoms. The lowest BCUT2D eigenvalue weighted by molar-refractivity contribution is -0.139. The molecule has 1 amide bonds. The lowest BCUT2D eigenvalue weighted by Gasteiger charge is -2.11. The van der Waals surface area contributed by atoms with Gasteiger partial charge in [0.05, 0.1) is 0 Å². The maximum absolute atomic E-state index is 11.2. The minimum Gasteiger partial charge on any atom is -0.481 e. The van der Waals surface area contributed by atoms with Gasteiger partial charge in [-0.2, -0.15) is 0 Å². The van der Waals surface area contributed by atoms with E-state index in [0.717, 1.165) is 35.0 Å². The van der Waals surface area contributed by atoms with Gasteiger partial charge in [-0.05, 0) is 36.5 Å². The van der Waals surface area contributed by atoms with Crippen LogP contribution in [-0.4, -0.2) is 28.6 Å². The molecule has 0 saturated heterocycles. The van der Waals surface area contributed by atoms with Crippen molar-refractivity contribution in [2.24, 2.45) is 5.73 Å². The number of benzene rings is 1. The molecule has 6 nitrogen and oxygen atoms in total. The van der Waals surface area contributed by atoms with Gasteiger partial charge in [-0.15, -0.1) is 0 Å². The standard InChI is InChI=1S/C15H16N2O4/c16-12(18)6-8-4-5-10-14(8)15-9(17-10)2-1-3-11(15)21-7-13(19)20/h1-3,8,17H,4-7H2,(H2,16,18)(H,19,20). The van der Waals surface area contributed by atoms with E-state index in [9.17, 15) is 9.59 Å². The molecule has 1 aromatic carbocycles. The molecule has 0 saturated carbocycles. The first-order chi connectivity index (χ1) is 10.1. The predicted octanol–water partition coefficient (Wildman–Crippen LogP) is 1.54. The van der Waals surface area contributed by atoms with Gasteiger partial charge < -0.3 is 20.6 Å². The third kappa shape index (κ3) is 2.44. The van der Waals surface area contributed by atoms with Gasteiger partial charge >= 0.3 is 5.97 Å².